The van der Waals surface area contributed by atoms with Gasteiger partial charge >= 0.3 is 0 Å². The van der Waals surface area contributed by atoms with E-state index in [9.17, 15) is 0 Å². The van der Waals surface area contributed by atoms with Gasteiger partial charge in [0.25, 0.3) is 0 Å². The van der Waals surface area contributed by atoms with Gasteiger partial charge in [-0.15, -0.1) is 0 Å². The molecule has 0 fully saturated rings. The van der Waals surface area contributed by atoms with E-state index >= 15 is 0 Å². The van der Waals surface area contributed by atoms with E-state index in [2.05, 4.69) is 9.98 Å². The maximum Gasteiger partial charge on any atom is 0.0703 e. The Labute approximate surface area is 106 Å². The highest BCUT2D eigenvalue weighted by Crippen LogP contribution is 2.19. The zero-order valence-electron chi connectivity index (χ0n) is 9.82. The summed E-state index contributed by atoms with van der Waals surface area (Å²) >= 11 is 0. The monoisotopic (exact) mass is 232 g/mol. The van der Waals surface area contributed by atoms with Crippen LogP contribution >= 0.6 is 0 Å². The Hall–Kier alpha value is -2.48. The van der Waals surface area contributed by atoms with Crippen molar-refractivity contribution in [1.29, 1.82) is 0 Å². The summed E-state index contributed by atoms with van der Waals surface area (Å²) in [5, 5.41) is 1.11. The number of hydrogen-bond acceptors (Lipinski definition) is 2. The van der Waals surface area contributed by atoms with Crippen LogP contribution in [-0.4, -0.2) is 11.2 Å². The van der Waals surface area contributed by atoms with Crippen molar-refractivity contribution in [3.05, 3.63) is 72.4 Å². The van der Waals surface area contributed by atoms with E-state index in [4.69, 9.17) is 0 Å². The standard InChI is InChI=1S/C16H12N2/c1-2-5-13(6-3-1)12-18-15-8-9-16-14(11-15)7-4-10-17-16/h1-12H. The van der Waals surface area contributed by atoms with Crippen LogP contribution < -0.4 is 0 Å². The molecular weight excluding hydrogens is 220 g/mol. The van der Waals surface area contributed by atoms with E-state index in [1.165, 1.54) is 0 Å². The van der Waals surface area contributed by atoms with Gasteiger partial charge in [0.2, 0.25) is 0 Å². The Morgan fingerprint density at radius 3 is 2.67 bits per heavy atom. The Kier molecular flexibility index (Phi) is 2.84. The number of benzene rings is 2. The minimum absolute atomic E-state index is 0.944. The maximum atomic E-state index is 4.47. The molecule has 2 aromatic carbocycles. The third-order valence-corrected chi connectivity index (χ3v) is 2.75. The second kappa shape index (κ2) is 4.80. The van der Waals surface area contributed by atoms with Gasteiger partial charge in [-0.05, 0) is 29.8 Å². The van der Waals surface area contributed by atoms with Crippen LogP contribution in [-0.2, 0) is 0 Å². The second-order valence-electron chi connectivity index (χ2n) is 4.05. The molecule has 0 aliphatic heterocycles. The van der Waals surface area contributed by atoms with Crippen molar-refractivity contribution in [3.8, 4) is 0 Å². The van der Waals surface area contributed by atoms with E-state index in [1.54, 1.807) is 6.20 Å². The fraction of sp³-hybridized carbons (Fsp3) is 0. The molecule has 0 aliphatic rings. The summed E-state index contributed by atoms with van der Waals surface area (Å²) in [6, 6.07) is 20.1. The predicted octanol–water partition coefficient (Wildman–Crippen LogP) is 3.99. The average molecular weight is 232 g/mol. The number of hydrogen-bond donors (Lipinski definition) is 0. The van der Waals surface area contributed by atoms with Gasteiger partial charge in [-0.25, -0.2) is 0 Å². The third-order valence-electron chi connectivity index (χ3n) is 2.75. The van der Waals surface area contributed by atoms with E-state index in [0.717, 1.165) is 22.2 Å². The lowest BCUT2D eigenvalue weighted by atomic mass is 10.2. The highest BCUT2D eigenvalue weighted by atomic mass is 14.7. The van der Waals surface area contributed by atoms with E-state index in [-0.39, 0.29) is 0 Å². The smallest absolute Gasteiger partial charge is 0.0703 e. The molecule has 0 bridgehead atoms. The molecule has 18 heavy (non-hydrogen) atoms. The van der Waals surface area contributed by atoms with Gasteiger partial charge < -0.3 is 0 Å². The van der Waals surface area contributed by atoms with Crippen LogP contribution in [0.25, 0.3) is 10.9 Å². The fourth-order valence-corrected chi connectivity index (χ4v) is 1.83. The summed E-state index contributed by atoms with van der Waals surface area (Å²) in [5.74, 6) is 0. The van der Waals surface area contributed by atoms with Crippen molar-refractivity contribution < 1.29 is 0 Å². The van der Waals surface area contributed by atoms with Crippen LogP contribution in [0.1, 0.15) is 5.56 Å². The fourth-order valence-electron chi connectivity index (χ4n) is 1.83. The molecule has 0 amide bonds. The van der Waals surface area contributed by atoms with Gasteiger partial charge in [-0.1, -0.05) is 36.4 Å². The molecule has 0 radical (unpaired) electrons. The Bertz CT molecular complexity index is 688. The first-order valence-electron chi connectivity index (χ1n) is 5.86. The van der Waals surface area contributed by atoms with Gasteiger partial charge in [0, 0.05) is 17.8 Å². The Morgan fingerprint density at radius 1 is 0.889 bits per heavy atom. The maximum absolute atomic E-state index is 4.47. The van der Waals surface area contributed by atoms with Crippen molar-refractivity contribution in [2.24, 2.45) is 4.99 Å². The van der Waals surface area contributed by atoms with Crippen molar-refractivity contribution in [2.75, 3.05) is 0 Å². The lowest BCUT2D eigenvalue weighted by molar-refractivity contribution is 1.41. The predicted molar refractivity (Wildman–Crippen MR) is 75.4 cm³/mol. The highest BCUT2D eigenvalue weighted by Gasteiger charge is 1.94. The molecule has 0 saturated heterocycles. The summed E-state index contributed by atoms with van der Waals surface area (Å²) in [6.07, 6.45) is 3.67. The molecule has 3 rings (SSSR count). The van der Waals surface area contributed by atoms with Crippen LogP contribution in [0.4, 0.5) is 5.69 Å². The first-order valence-corrected chi connectivity index (χ1v) is 5.86. The van der Waals surface area contributed by atoms with Gasteiger partial charge in [0.15, 0.2) is 0 Å². The first kappa shape index (κ1) is 10.7. The Balaban J connectivity index is 1.93. The molecule has 2 heteroatoms. The Morgan fingerprint density at radius 2 is 1.78 bits per heavy atom. The summed E-state index contributed by atoms with van der Waals surface area (Å²) in [4.78, 5) is 8.76. The molecule has 0 aliphatic carbocycles. The SMILES string of the molecule is C(=Nc1ccc2ncccc2c1)c1ccccc1. The zero-order chi connectivity index (χ0) is 12.2. The number of aromatic nitrogens is 1. The van der Waals surface area contributed by atoms with Crippen molar-refractivity contribution in [3.63, 3.8) is 0 Å². The molecule has 3 aromatic rings. The minimum Gasteiger partial charge on any atom is -0.256 e. The summed E-state index contributed by atoms with van der Waals surface area (Å²) in [5.41, 5.74) is 3.04. The molecule has 2 nitrogen and oxygen atoms in total. The largest absolute Gasteiger partial charge is 0.256 e. The normalized spacial score (nSPS) is 11.1. The molecule has 0 atom stereocenters. The number of rotatable bonds is 2. The number of aliphatic imine (C=N–C) groups is 1. The summed E-state index contributed by atoms with van der Waals surface area (Å²) in [6.45, 7) is 0. The second-order valence-corrected chi connectivity index (χ2v) is 4.05. The van der Waals surface area contributed by atoms with Gasteiger partial charge in [0.05, 0.1) is 11.2 Å². The molecule has 0 spiro atoms. The molecular formula is C16H12N2. The first-order chi connectivity index (χ1) is 8.92. The molecule has 1 aromatic heterocycles. The van der Waals surface area contributed by atoms with E-state index in [1.807, 2.05) is 66.9 Å². The molecule has 1 heterocycles. The van der Waals surface area contributed by atoms with Crippen LogP contribution in [0, 0.1) is 0 Å². The van der Waals surface area contributed by atoms with Gasteiger partial charge in [0.1, 0.15) is 0 Å². The van der Waals surface area contributed by atoms with Crippen molar-refractivity contribution in [2.45, 2.75) is 0 Å². The van der Waals surface area contributed by atoms with Crippen LogP contribution in [0.3, 0.4) is 0 Å². The highest BCUT2D eigenvalue weighted by molar-refractivity contribution is 5.85. The number of fused-ring (bicyclic) bond motifs is 1. The number of pyridine rings is 1. The van der Waals surface area contributed by atoms with Gasteiger partial charge in [-0.2, -0.15) is 0 Å². The summed E-state index contributed by atoms with van der Waals surface area (Å²) in [7, 11) is 0. The lowest BCUT2D eigenvalue weighted by Crippen LogP contribution is -1.79. The average Bonchev–Trinajstić information content (AvgIpc) is 2.46. The molecule has 86 valence electrons. The third kappa shape index (κ3) is 2.28. The van der Waals surface area contributed by atoms with Crippen LogP contribution in [0.15, 0.2) is 71.9 Å². The van der Waals surface area contributed by atoms with Crippen LogP contribution in [0.2, 0.25) is 0 Å². The van der Waals surface area contributed by atoms with Crippen molar-refractivity contribution >= 4 is 22.8 Å². The molecule has 0 unspecified atom stereocenters. The topological polar surface area (TPSA) is 25.2 Å². The lowest BCUT2D eigenvalue weighted by Gasteiger charge is -1.98. The summed E-state index contributed by atoms with van der Waals surface area (Å²) < 4.78 is 0. The quantitative estimate of drug-likeness (QED) is 0.613. The zero-order valence-corrected chi connectivity index (χ0v) is 9.82. The minimum atomic E-state index is 0.944. The molecule has 0 saturated carbocycles. The number of nitrogens with zero attached hydrogens (tertiary/aromatic N) is 2. The molecule has 0 N–H and O–H groups in total. The van der Waals surface area contributed by atoms with Crippen LogP contribution in [0.5, 0.6) is 0 Å². The van der Waals surface area contributed by atoms with Crippen molar-refractivity contribution in [1.82, 2.24) is 4.98 Å². The van der Waals surface area contributed by atoms with Gasteiger partial charge in [-0.3, -0.25) is 9.98 Å². The van der Waals surface area contributed by atoms with E-state index in [0.29, 0.717) is 0 Å². The van der Waals surface area contributed by atoms with E-state index < -0.39 is 0 Å².